The number of rotatable bonds is 6. The first kappa shape index (κ1) is 25.5. The van der Waals surface area contributed by atoms with E-state index in [1.165, 1.54) is 12.8 Å². The van der Waals surface area contributed by atoms with Gasteiger partial charge in [-0.05, 0) is 68.4 Å². The summed E-state index contributed by atoms with van der Waals surface area (Å²) >= 11 is 11.0. The van der Waals surface area contributed by atoms with Crippen molar-refractivity contribution in [3.8, 4) is 0 Å². The fourth-order valence-corrected chi connectivity index (χ4v) is 5.38. The molecule has 1 saturated carbocycles. The lowest BCUT2D eigenvalue weighted by Gasteiger charge is -2.44. The first-order valence-corrected chi connectivity index (χ1v) is 12.7. The molecule has 0 bridgehead atoms. The first-order valence-electron chi connectivity index (χ1n) is 11.6. The van der Waals surface area contributed by atoms with Crippen molar-refractivity contribution >= 4 is 41.1 Å². The van der Waals surface area contributed by atoms with E-state index in [2.05, 4.69) is 23.4 Å². The average Bonchev–Trinajstić information content (AvgIpc) is 3.10. The second kappa shape index (κ2) is 11.3. The molecule has 2 aromatic carbocycles. The van der Waals surface area contributed by atoms with Gasteiger partial charge in [-0.2, -0.15) is 0 Å². The van der Waals surface area contributed by atoms with Crippen LogP contribution in [0.2, 0.25) is 5.02 Å². The van der Waals surface area contributed by atoms with Crippen molar-refractivity contribution in [3.05, 3.63) is 69.7 Å². The van der Waals surface area contributed by atoms with E-state index < -0.39 is 5.66 Å². The van der Waals surface area contributed by atoms with Crippen molar-refractivity contribution < 1.29 is 9.59 Å². The summed E-state index contributed by atoms with van der Waals surface area (Å²) in [6.45, 7) is 4.13. The highest BCUT2D eigenvalue weighted by Crippen LogP contribution is 2.45. The Morgan fingerprint density at radius 2 is 1.76 bits per heavy atom. The number of hydrogen-bond acceptors (Lipinski definition) is 3. The van der Waals surface area contributed by atoms with Crippen LogP contribution in [-0.2, 0) is 4.79 Å². The molecule has 6 heteroatoms. The van der Waals surface area contributed by atoms with Gasteiger partial charge in [0, 0.05) is 22.5 Å². The predicted octanol–water partition coefficient (Wildman–Crippen LogP) is 7.15. The van der Waals surface area contributed by atoms with Crippen LogP contribution < -0.4 is 0 Å². The molecule has 0 saturated heterocycles. The molecule has 2 aliphatic rings. The summed E-state index contributed by atoms with van der Waals surface area (Å²) < 4.78 is 0. The van der Waals surface area contributed by atoms with Crippen molar-refractivity contribution in [1.82, 2.24) is 4.90 Å². The quantitative estimate of drug-likeness (QED) is 0.321. The van der Waals surface area contributed by atoms with Gasteiger partial charge < -0.3 is 4.90 Å². The maximum absolute atomic E-state index is 13.9. The zero-order chi connectivity index (χ0) is 24.0. The Labute approximate surface area is 207 Å². The van der Waals surface area contributed by atoms with Gasteiger partial charge in [0.2, 0.25) is 0 Å². The molecular formula is C27H32Cl2N2O2. The molecule has 1 heterocycles. The lowest BCUT2D eigenvalue weighted by atomic mass is 9.86. The van der Waals surface area contributed by atoms with Gasteiger partial charge in [0.05, 0.1) is 6.04 Å². The number of amides is 1. The van der Waals surface area contributed by atoms with Gasteiger partial charge in [-0.1, -0.05) is 55.6 Å². The van der Waals surface area contributed by atoms with Crippen molar-refractivity contribution in [2.45, 2.75) is 70.5 Å². The number of halogens is 2. The van der Waals surface area contributed by atoms with Gasteiger partial charge in [0.15, 0.2) is 0 Å². The number of alkyl halides is 1. The monoisotopic (exact) mass is 486 g/mol. The molecule has 0 N–H and O–H groups in total. The Balaban J connectivity index is 0.00000149. The molecule has 2 aromatic rings. The zero-order valence-corrected chi connectivity index (χ0v) is 21.1. The summed E-state index contributed by atoms with van der Waals surface area (Å²) in [4.78, 5) is 32.2. The largest absolute Gasteiger partial charge is 0.305 e. The molecule has 1 spiro atoms. The highest BCUT2D eigenvalue weighted by Gasteiger charge is 2.50. The van der Waals surface area contributed by atoms with Gasteiger partial charge in [0.25, 0.3) is 5.91 Å². The van der Waals surface area contributed by atoms with Gasteiger partial charge >= 0.3 is 0 Å². The van der Waals surface area contributed by atoms with Gasteiger partial charge in [-0.15, -0.1) is 11.6 Å². The Hall–Kier alpha value is -2.17. The van der Waals surface area contributed by atoms with E-state index in [-0.39, 0.29) is 11.9 Å². The third kappa shape index (κ3) is 5.33. The standard InChI is InChI=1S/C26H29ClN2O2.CH3Cl/c1-3-7-23(20-10-8-19(17-30)9-11-20)29-25(31)24(21-14-18(2)15-22(27)16-21)28-26(29)12-5-4-6-13-26;1-2/h8-11,14-17,23H,3-7,12-13H2,1-2H3;1H3. The van der Waals surface area contributed by atoms with E-state index >= 15 is 0 Å². The number of benzene rings is 2. The predicted molar refractivity (Wildman–Crippen MR) is 137 cm³/mol. The highest BCUT2D eigenvalue weighted by atomic mass is 35.5. The number of aliphatic imine (C=N–C) groups is 1. The Morgan fingerprint density at radius 3 is 2.33 bits per heavy atom. The summed E-state index contributed by atoms with van der Waals surface area (Å²) in [6, 6.07) is 13.3. The maximum Gasteiger partial charge on any atom is 0.275 e. The van der Waals surface area contributed by atoms with E-state index in [0.29, 0.717) is 16.3 Å². The maximum atomic E-state index is 13.9. The minimum Gasteiger partial charge on any atom is -0.305 e. The minimum atomic E-state index is -0.496. The van der Waals surface area contributed by atoms with Crippen molar-refractivity contribution in [3.63, 3.8) is 0 Å². The highest BCUT2D eigenvalue weighted by molar-refractivity contribution is 6.47. The average molecular weight is 487 g/mol. The molecule has 0 radical (unpaired) electrons. The molecule has 1 atom stereocenters. The molecule has 1 aliphatic heterocycles. The molecule has 176 valence electrons. The van der Waals surface area contributed by atoms with Crippen LogP contribution >= 0.6 is 23.2 Å². The molecule has 1 unspecified atom stereocenters. The van der Waals surface area contributed by atoms with Crippen molar-refractivity contribution in [2.75, 3.05) is 6.38 Å². The summed E-state index contributed by atoms with van der Waals surface area (Å²) in [7, 11) is 0. The number of aldehydes is 1. The third-order valence-electron chi connectivity index (χ3n) is 6.49. The number of carbonyl (C=O) groups is 2. The van der Waals surface area contributed by atoms with E-state index in [1.54, 1.807) is 0 Å². The molecule has 1 aliphatic carbocycles. The fourth-order valence-electron chi connectivity index (χ4n) is 5.09. The van der Waals surface area contributed by atoms with E-state index in [1.807, 2.05) is 49.4 Å². The molecule has 4 nitrogen and oxygen atoms in total. The smallest absolute Gasteiger partial charge is 0.275 e. The molecule has 4 rings (SSSR count). The van der Waals surface area contributed by atoms with Gasteiger partial charge in [-0.25, -0.2) is 0 Å². The lowest BCUT2D eigenvalue weighted by molar-refractivity contribution is -0.132. The van der Waals surface area contributed by atoms with Crippen LogP contribution in [-0.4, -0.2) is 34.9 Å². The molecule has 1 amide bonds. The zero-order valence-electron chi connectivity index (χ0n) is 19.6. The van der Waals surface area contributed by atoms with Crippen LogP contribution in [0.3, 0.4) is 0 Å². The lowest BCUT2D eigenvalue weighted by Crippen LogP contribution is -2.50. The van der Waals surface area contributed by atoms with E-state index in [9.17, 15) is 9.59 Å². The van der Waals surface area contributed by atoms with E-state index in [0.717, 1.165) is 61.5 Å². The molecular weight excluding hydrogens is 455 g/mol. The first-order chi connectivity index (χ1) is 16.0. The van der Waals surface area contributed by atoms with Crippen molar-refractivity contribution in [1.29, 1.82) is 0 Å². The van der Waals surface area contributed by atoms with Gasteiger partial charge in [0.1, 0.15) is 17.7 Å². The Morgan fingerprint density at radius 1 is 1.09 bits per heavy atom. The van der Waals surface area contributed by atoms with Crippen LogP contribution in [0.4, 0.5) is 0 Å². The molecule has 0 aromatic heterocycles. The number of nitrogens with zero attached hydrogens (tertiary/aromatic N) is 2. The van der Waals surface area contributed by atoms with Crippen LogP contribution in [0.15, 0.2) is 47.5 Å². The summed E-state index contributed by atoms with van der Waals surface area (Å²) in [5, 5.41) is 0.621. The van der Waals surface area contributed by atoms with Crippen LogP contribution in [0.25, 0.3) is 0 Å². The summed E-state index contributed by atoms with van der Waals surface area (Å²) in [5.74, 6) is -0.0125. The topological polar surface area (TPSA) is 49.7 Å². The SMILES string of the molecule is CCCC(c1ccc(C=O)cc1)N1C(=O)C(c2cc(C)cc(Cl)c2)=NC12CCCCC2.CCl. The van der Waals surface area contributed by atoms with Crippen LogP contribution in [0.1, 0.15) is 85.0 Å². The van der Waals surface area contributed by atoms with Crippen molar-refractivity contribution in [2.24, 2.45) is 4.99 Å². The minimum absolute atomic E-state index is 0.0125. The van der Waals surface area contributed by atoms with Crippen LogP contribution in [0.5, 0.6) is 0 Å². The Bertz CT molecular complexity index is 991. The second-order valence-corrected chi connectivity index (χ2v) is 9.22. The third-order valence-corrected chi connectivity index (χ3v) is 6.71. The second-order valence-electron chi connectivity index (χ2n) is 8.78. The summed E-state index contributed by atoms with van der Waals surface area (Å²) in [5.41, 5.74) is 3.55. The Kier molecular flexibility index (Phi) is 8.72. The van der Waals surface area contributed by atoms with Crippen LogP contribution in [0, 0.1) is 6.92 Å². The summed E-state index contributed by atoms with van der Waals surface area (Å²) in [6.07, 6.45) is 9.21. The number of carbonyl (C=O) groups excluding carboxylic acids is 2. The number of hydrogen-bond donors (Lipinski definition) is 0. The molecule has 1 fully saturated rings. The molecule has 33 heavy (non-hydrogen) atoms. The fraction of sp³-hybridized carbons (Fsp3) is 0.444. The van der Waals surface area contributed by atoms with Gasteiger partial charge in [-0.3, -0.25) is 14.6 Å². The van der Waals surface area contributed by atoms with E-state index in [4.69, 9.17) is 16.6 Å². The normalized spacial score (nSPS) is 17.9. The number of aryl methyl sites for hydroxylation is 1.